The van der Waals surface area contributed by atoms with Gasteiger partial charge in [0.2, 0.25) is 0 Å². The van der Waals surface area contributed by atoms with E-state index in [1.807, 2.05) is 6.07 Å². The predicted octanol–water partition coefficient (Wildman–Crippen LogP) is 0.833. The van der Waals surface area contributed by atoms with Gasteiger partial charge in [-0.05, 0) is 19.1 Å². The largest absolute Gasteiger partial charge is 0.480 e. The van der Waals surface area contributed by atoms with E-state index >= 15 is 0 Å². The molecule has 0 bridgehead atoms. The Hall–Kier alpha value is -2.50. The van der Waals surface area contributed by atoms with E-state index in [0.29, 0.717) is 11.0 Å². The maximum atomic E-state index is 11.7. The zero-order valence-electron chi connectivity index (χ0n) is 9.62. The Balaban J connectivity index is 2.25. The van der Waals surface area contributed by atoms with E-state index in [-0.39, 0.29) is 5.69 Å². The van der Waals surface area contributed by atoms with Crippen molar-refractivity contribution < 1.29 is 14.7 Å². The molecule has 6 heteroatoms. The molecule has 0 fully saturated rings. The molecule has 1 atom stereocenters. The molecule has 0 aliphatic carbocycles. The molecule has 0 aliphatic rings. The van der Waals surface area contributed by atoms with Crippen molar-refractivity contribution in [3.63, 3.8) is 0 Å². The number of nitrogens with zero attached hydrogens (tertiary/aromatic N) is 2. The number of carboxylic acid groups (broad SMARTS) is 1. The van der Waals surface area contributed by atoms with Gasteiger partial charge in [-0.1, -0.05) is 12.1 Å². The summed E-state index contributed by atoms with van der Waals surface area (Å²) in [5.41, 5.74) is 1.37. The fourth-order valence-corrected chi connectivity index (χ4v) is 1.40. The van der Waals surface area contributed by atoms with Crippen LogP contribution >= 0.6 is 0 Å². The topological polar surface area (TPSA) is 92.2 Å². The first kappa shape index (κ1) is 12.0. The van der Waals surface area contributed by atoms with Crippen LogP contribution in [0, 0.1) is 0 Å². The Morgan fingerprint density at radius 3 is 2.61 bits per heavy atom. The van der Waals surface area contributed by atoms with E-state index in [0.717, 1.165) is 0 Å². The fourth-order valence-electron chi connectivity index (χ4n) is 1.40. The number of para-hydroxylation sites is 2. The van der Waals surface area contributed by atoms with Crippen molar-refractivity contribution in [1.29, 1.82) is 0 Å². The first-order valence-electron chi connectivity index (χ1n) is 5.33. The number of amides is 1. The summed E-state index contributed by atoms with van der Waals surface area (Å²) in [7, 11) is 0. The summed E-state index contributed by atoms with van der Waals surface area (Å²) in [5.74, 6) is -1.65. The molecule has 18 heavy (non-hydrogen) atoms. The van der Waals surface area contributed by atoms with Crippen LogP contribution < -0.4 is 5.32 Å². The second-order valence-electron chi connectivity index (χ2n) is 3.78. The number of aromatic nitrogens is 2. The molecule has 1 aromatic heterocycles. The summed E-state index contributed by atoms with van der Waals surface area (Å²) in [4.78, 5) is 30.6. The summed E-state index contributed by atoms with van der Waals surface area (Å²) in [6.45, 7) is 1.38. The fraction of sp³-hybridized carbons (Fsp3) is 0.167. The third-order valence-electron chi connectivity index (χ3n) is 2.40. The smallest absolute Gasteiger partial charge is 0.325 e. The maximum absolute atomic E-state index is 11.7. The normalized spacial score (nSPS) is 12.1. The molecule has 0 saturated heterocycles. The minimum Gasteiger partial charge on any atom is -0.480 e. The van der Waals surface area contributed by atoms with Crippen molar-refractivity contribution in [2.75, 3.05) is 0 Å². The quantitative estimate of drug-likeness (QED) is 0.835. The SMILES string of the molecule is C[C@H](NC(=O)c1cnc2ccccc2n1)C(=O)O. The third-order valence-corrected chi connectivity index (χ3v) is 2.40. The third kappa shape index (κ3) is 2.42. The summed E-state index contributed by atoms with van der Waals surface area (Å²) >= 11 is 0. The molecule has 0 unspecified atom stereocenters. The zero-order valence-corrected chi connectivity index (χ0v) is 9.62. The second kappa shape index (κ2) is 4.79. The van der Waals surface area contributed by atoms with Gasteiger partial charge in [0.05, 0.1) is 17.2 Å². The van der Waals surface area contributed by atoms with E-state index in [9.17, 15) is 9.59 Å². The molecule has 0 radical (unpaired) electrons. The van der Waals surface area contributed by atoms with Gasteiger partial charge in [0, 0.05) is 0 Å². The van der Waals surface area contributed by atoms with Crippen LogP contribution in [0.3, 0.4) is 0 Å². The highest BCUT2D eigenvalue weighted by Crippen LogP contribution is 2.08. The van der Waals surface area contributed by atoms with Crippen LogP contribution in [0.25, 0.3) is 11.0 Å². The molecule has 1 aromatic carbocycles. The number of carbonyl (C=O) groups excluding carboxylic acids is 1. The van der Waals surface area contributed by atoms with Crippen LogP contribution in [0.1, 0.15) is 17.4 Å². The van der Waals surface area contributed by atoms with Crippen LogP contribution in [-0.2, 0) is 4.79 Å². The number of rotatable bonds is 3. The molecule has 1 amide bonds. The second-order valence-corrected chi connectivity index (χ2v) is 3.78. The van der Waals surface area contributed by atoms with E-state index in [2.05, 4.69) is 15.3 Å². The molecule has 0 aliphatic heterocycles. The van der Waals surface area contributed by atoms with E-state index in [1.165, 1.54) is 13.1 Å². The summed E-state index contributed by atoms with van der Waals surface area (Å²) in [6.07, 6.45) is 1.33. The van der Waals surface area contributed by atoms with Crippen LogP contribution in [0.15, 0.2) is 30.5 Å². The Bertz CT molecular complexity index is 612. The molecule has 1 heterocycles. The Morgan fingerprint density at radius 2 is 1.94 bits per heavy atom. The van der Waals surface area contributed by atoms with Crippen molar-refractivity contribution in [2.24, 2.45) is 0 Å². The average molecular weight is 245 g/mol. The number of carboxylic acids is 1. The van der Waals surface area contributed by atoms with Gasteiger partial charge in [-0.25, -0.2) is 4.98 Å². The molecule has 2 N–H and O–H groups in total. The highest BCUT2D eigenvalue weighted by atomic mass is 16.4. The lowest BCUT2D eigenvalue weighted by atomic mass is 10.3. The van der Waals surface area contributed by atoms with Crippen LogP contribution in [0.2, 0.25) is 0 Å². The number of hydrogen-bond acceptors (Lipinski definition) is 4. The predicted molar refractivity (Wildman–Crippen MR) is 64.1 cm³/mol. The monoisotopic (exact) mass is 245 g/mol. The zero-order chi connectivity index (χ0) is 13.1. The number of hydrogen-bond donors (Lipinski definition) is 2. The average Bonchev–Trinajstić information content (AvgIpc) is 2.37. The molecule has 6 nitrogen and oxygen atoms in total. The van der Waals surface area contributed by atoms with Gasteiger partial charge in [0.25, 0.3) is 5.91 Å². The summed E-state index contributed by atoms with van der Waals surface area (Å²) in [6, 6.07) is 6.16. The van der Waals surface area contributed by atoms with E-state index in [1.54, 1.807) is 18.2 Å². The molecule has 2 aromatic rings. The number of nitrogens with one attached hydrogen (secondary N) is 1. The van der Waals surface area contributed by atoms with Gasteiger partial charge < -0.3 is 10.4 Å². The Labute approximate surface area is 103 Å². The van der Waals surface area contributed by atoms with Crippen molar-refractivity contribution in [1.82, 2.24) is 15.3 Å². The van der Waals surface area contributed by atoms with E-state index < -0.39 is 17.9 Å². The minimum absolute atomic E-state index is 0.0989. The van der Waals surface area contributed by atoms with Gasteiger partial charge >= 0.3 is 5.97 Å². The van der Waals surface area contributed by atoms with Crippen LogP contribution in [-0.4, -0.2) is 33.0 Å². The lowest BCUT2D eigenvalue weighted by Gasteiger charge is -2.08. The minimum atomic E-state index is -1.10. The van der Waals surface area contributed by atoms with Crippen molar-refractivity contribution in [3.8, 4) is 0 Å². The van der Waals surface area contributed by atoms with Gasteiger partial charge in [0.15, 0.2) is 0 Å². The highest BCUT2D eigenvalue weighted by Gasteiger charge is 2.16. The van der Waals surface area contributed by atoms with Gasteiger partial charge in [-0.15, -0.1) is 0 Å². The standard InChI is InChI=1S/C12H11N3O3/c1-7(12(17)18)14-11(16)10-6-13-8-4-2-3-5-9(8)15-10/h2-7H,1H3,(H,14,16)(H,17,18)/t7-/m0/s1. The first-order valence-corrected chi connectivity index (χ1v) is 5.33. The molecule has 0 spiro atoms. The molecular weight excluding hydrogens is 234 g/mol. The molecule has 2 rings (SSSR count). The van der Waals surface area contributed by atoms with Gasteiger partial charge in [-0.3, -0.25) is 14.6 Å². The van der Waals surface area contributed by atoms with Crippen molar-refractivity contribution >= 4 is 22.9 Å². The Kier molecular flexibility index (Phi) is 3.18. The van der Waals surface area contributed by atoms with Crippen LogP contribution in [0.5, 0.6) is 0 Å². The molecule has 92 valence electrons. The Morgan fingerprint density at radius 1 is 1.28 bits per heavy atom. The van der Waals surface area contributed by atoms with Gasteiger partial charge in [0.1, 0.15) is 11.7 Å². The number of fused-ring (bicyclic) bond motifs is 1. The first-order chi connectivity index (χ1) is 8.58. The van der Waals surface area contributed by atoms with Gasteiger partial charge in [-0.2, -0.15) is 0 Å². The number of aliphatic carboxylic acids is 1. The lowest BCUT2D eigenvalue weighted by molar-refractivity contribution is -0.138. The summed E-state index contributed by atoms with van der Waals surface area (Å²) in [5, 5.41) is 11.0. The maximum Gasteiger partial charge on any atom is 0.325 e. The molecular formula is C12H11N3O3. The van der Waals surface area contributed by atoms with Crippen molar-refractivity contribution in [3.05, 3.63) is 36.2 Å². The summed E-state index contributed by atoms with van der Waals surface area (Å²) < 4.78 is 0. The van der Waals surface area contributed by atoms with E-state index in [4.69, 9.17) is 5.11 Å². The molecule has 0 saturated carbocycles. The number of benzene rings is 1. The highest BCUT2D eigenvalue weighted by molar-refractivity contribution is 5.95. The lowest BCUT2D eigenvalue weighted by Crippen LogP contribution is -2.38. The van der Waals surface area contributed by atoms with Crippen LogP contribution in [0.4, 0.5) is 0 Å². The number of carbonyl (C=O) groups is 2. The van der Waals surface area contributed by atoms with Crippen molar-refractivity contribution in [2.45, 2.75) is 13.0 Å².